The van der Waals surface area contributed by atoms with Gasteiger partial charge in [0, 0.05) is 12.2 Å². The molecule has 1 amide bonds. The summed E-state index contributed by atoms with van der Waals surface area (Å²) in [7, 11) is 0. The maximum Gasteiger partial charge on any atom is 0.426 e. The molecule has 4 aromatic rings. The fourth-order valence-corrected chi connectivity index (χ4v) is 3.69. The third-order valence-corrected chi connectivity index (χ3v) is 5.45. The molecule has 10 heteroatoms. The number of aliphatic hydroxyl groups is 1. The summed E-state index contributed by atoms with van der Waals surface area (Å²) in [5, 5.41) is 17.3. The first-order chi connectivity index (χ1) is 16.0. The summed E-state index contributed by atoms with van der Waals surface area (Å²) >= 11 is 0. The maximum absolute atomic E-state index is 13.8. The van der Waals surface area contributed by atoms with Gasteiger partial charge >= 0.3 is 6.18 Å². The topological polar surface area (TPSA) is 93.2 Å². The third kappa shape index (κ3) is 4.81. The lowest BCUT2D eigenvalue weighted by Crippen LogP contribution is -2.46. The first-order valence-electron chi connectivity index (χ1n) is 10.6. The van der Waals surface area contributed by atoms with Crippen LogP contribution in [-0.4, -0.2) is 32.0 Å². The number of amides is 1. The highest BCUT2D eigenvalue weighted by atomic mass is 19.4. The van der Waals surface area contributed by atoms with Crippen molar-refractivity contribution in [2.45, 2.75) is 45.1 Å². The number of hydrogen-bond donors (Lipinski definition) is 2. The molecule has 2 heterocycles. The number of carbonyl (C=O) groups is 1. The maximum atomic E-state index is 13.8. The molecule has 0 unspecified atom stereocenters. The molecule has 7 nitrogen and oxygen atoms in total. The first kappa shape index (κ1) is 23.5. The largest absolute Gasteiger partial charge is 0.437 e. The molecule has 0 aliphatic carbocycles. The predicted molar refractivity (Wildman–Crippen MR) is 118 cm³/mol. The van der Waals surface area contributed by atoms with E-state index in [1.165, 1.54) is 12.1 Å². The number of nitrogens with zero attached hydrogens (tertiary/aromatic N) is 3. The molecule has 0 aliphatic heterocycles. The molecule has 4 rings (SSSR count). The van der Waals surface area contributed by atoms with Gasteiger partial charge in [0.05, 0.1) is 18.7 Å². The molecule has 0 saturated carbocycles. The highest BCUT2D eigenvalue weighted by molar-refractivity contribution is 5.78. The summed E-state index contributed by atoms with van der Waals surface area (Å²) in [5.41, 5.74) is 0.202. The van der Waals surface area contributed by atoms with E-state index in [1.54, 1.807) is 24.3 Å². The van der Waals surface area contributed by atoms with Gasteiger partial charge in [-0.1, -0.05) is 36.4 Å². The van der Waals surface area contributed by atoms with Gasteiger partial charge in [-0.3, -0.25) is 9.48 Å². The van der Waals surface area contributed by atoms with Crippen LogP contribution in [0.2, 0.25) is 0 Å². The average molecular weight is 472 g/mol. The molecule has 0 fully saturated rings. The molecule has 34 heavy (non-hydrogen) atoms. The average Bonchev–Trinajstić information content (AvgIpc) is 3.34. The highest BCUT2D eigenvalue weighted by Gasteiger charge is 2.59. The number of aryl methyl sites for hydroxylation is 2. The minimum absolute atomic E-state index is 0.00864. The Kier molecular flexibility index (Phi) is 6.18. The SMILES string of the molecule is Cc1cc(C)n(Cc2cccc(CNC(=O)C[C@@](O)(c3nc4ccccc4o3)C(F)(F)F)c2)n1. The Morgan fingerprint density at radius 3 is 2.50 bits per heavy atom. The molecule has 0 spiro atoms. The van der Waals surface area contributed by atoms with Gasteiger partial charge in [-0.25, -0.2) is 4.98 Å². The second-order valence-corrected chi connectivity index (χ2v) is 8.20. The van der Waals surface area contributed by atoms with Crippen molar-refractivity contribution in [3.63, 3.8) is 0 Å². The van der Waals surface area contributed by atoms with Crippen LogP contribution >= 0.6 is 0 Å². The Balaban J connectivity index is 1.46. The van der Waals surface area contributed by atoms with Crippen molar-refractivity contribution in [2.75, 3.05) is 0 Å². The lowest BCUT2D eigenvalue weighted by molar-refractivity contribution is -0.274. The minimum Gasteiger partial charge on any atom is -0.437 e. The predicted octanol–water partition coefficient (Wildman–Crippen LogP) is 4.15. The van der Waals surface area contributed by atoms with E-state index in [4.69, 9.17) is 4.42 Å². The number of aromatic nitrogens is 3. The zero-order chi connectivity index (χ0) is 24.5. The van der Waals surface area contributed by atoms with E-state index in [1.807, 2.05) is 36.7 Å². The monoisotopic (exact) mass is 472 g/mol. The molecule has 0 radical (unpaired) electrons. The first-order valence-corrected chi connectivity index (χ1v) is 10.6. The third-order valence-electron chi connectivity index (χ3n) is 5.45. The van der Waals surface area contributed by atoms with E-state index in [-0.39, 0.29) is 17.6 Å². The summed E-state index contributed by atoms with van der Waals surface area (Å²) in [4.78, 5) is 16.2. The molecule has 1 atom stereocenters. The van der Waals surface area contributed by atoms with Crippen LogP contribution in [-0.2, 0) is 23.5 Å². The van der Waals surface area contributed by atoms with E-state index in [2.05, 4.69) is 15.4 Å². The number of alkyl halides is 3. The number of rotatable bonds is 7. The van der Waals surface area contributed by atoms with E-state index in [0.717, 1.165) is 17.0 Å². The van der Waals surface area contributed by atoms with Gasteiger partial charge in [-0.2, -0.15) is 18.3 Å². The number of nitrogens with one attached hydrogen (secondary N) is 1. The van der Waals surface area contributed by atoms with Crippen LogP contribution in [0.15, 0.2) is 59.0 Å². The quantitative estimate of drug-likeness (QED) is 0.422. The van der Waals surface area contributed by atoms with Crippen LogP contribution < -0.4 is 5.32 Å². The van der Waals surface area contributed by atoms with Crippen LogP contribution in [0.3, 0.4) is 0 Å². The second kappa shape index (κ2) is 8.94. The van der Waals surface area contributed by atoms with E-state index in [9.17, 15) is 23.1 Å². The Hall–Kier alpha value is -3.66. The number of halogens is 3. The molecule has 0 aliphatic rings. The molecular weight excluding hydrogens is 449 g/mol. The lowest BCUT2D eigenvalue weighted by atomic mass is 9.98. The summed E-state index contributed by atoms with van der Waals surface area (Å²) in [6.45, 7) is 4.36. The number of benzene rings is 2. The van der Waals surface area contributed by atoms with Crippen molar-refractivity contribution in [3.05, 3.63) is 83.0 Å². The van der Waals surface area contributed by atoms with Gasteiger partial charge in [0.25, 0.3) is 0 Å². The van der Waals surface area contributed by atoms with Crippen LogP contribution in [0, 0.1) is 13.8 Å². The summed E-state index contributed by atoms with van der Waals surface area (Å²) in [6, 6.07) is 15.3. The van der Waals surface area contributed by atoms with Gasteiger partial charge in [0.15, 0.2) is 5.58 Å². The van der Waals surface area contributed by atoms with Crippen LogP contribution in [0.5, 0.6) is 0 Å². The van der Waals surface area contributed by atoms with Gasteiger partial charge < -0.3 is 14.8 Å². The van der Waals surface area contributed by atoms with Crippen LogP contribution in [0.25, 0.3) is 11.1 Å². The van der Waals surface area contributed by atoms with Crippen molar-refractivity contribution in [1.29, 1.82) is 0 Å². The standard InChI is InChI=1S/C24H23F3N4O3/c1-15-10-16(2)31(30-15)14-18-7-5-6-17(11-18)13-28-21(32)12-23(33,24(25,26)27)22-29-19-8-3-4-9-20(19)34-22/h3-11,33H,12-14H2,1-2H3,(H,28,32)/t23-/m1/s1. The van der Waals surface area contributed by atoms with Gasteiger partial charge in [0.1, 0.15) is 5.52 Å². The summed E-state index contributed by atoms with van der Waals surface area (Å²) in [5.74, 6) is -1.96. The van der Waals surface area contributed by atoms with Crippen LogP contribution in [0.1, 0.15) is 34.8 Å². The molecule has 0 bridgehead atoms. The fraction of sp³-hybridized carbons (Fsp3) is 0.292. The minimum atomic E-state index is -5.18. The number of carbonyl (C=O) groups excluding carboxylic acids is 1. The fourth-order valence-electron chi connectivity index (χ4n) is 3.69. The number of hydrogen-bond acceptors (Lipinski definition) is 5. The number of fused-ring (bicyclic) bond motifs is 1. The Labute approximate surface area is 193 Å². The van der Waals surface area contributed by atoms with E-state index >= 15 is 0 Å². The van der Waals surface area contributed by atoms with Crippen molar-refractivity contribution >= 4 is 17.0 Å². The van der Waals surface area contributed by atoms with Crippen molar-refractivity contribution in [3.8, 4) is 0 Å². The van der Waals surface area contributed by atoms with Gasteiger partial charge in [-0.05, 0) is 43.2 Å². The van der Waals surface area contributed by atoms with Gasteiger partial charge in [0.2, 0.25) is 17.4 Å². The molecule has 2 aromatic heterocycles. The van der Waals surface area contributed by atoms with Crippen molar-refractivity contribution in [2.24, 2.45) is 0 Å². The lowest BCUT2D eigenvalue weighted by Gasteiger charge is -2.26. The van der Waals surface area contributed by atoms with Crippen LogP contribution in [0.4, 0.5) is 13.2 Å². The summed E-state index contributed by atoms with van der Waals surface area (Å²) in [6.07, 6.45) is -6.46. The molecule has 178 valence electrons. The normalized spacial score (nSPS) is 13.7. The smallest absolute Gasteiger partial charge is 0.426 e. The molecule has 2 aromatic carbocycles. The van der Waals surface area contributed by atoms with Gasteiger partial charge in [-0.15, -0.1) is 0 Å². The van der Waals surface area contributed by atoms with Crippen molar-refractivity contribution < 1.29 is 27.5 Å². The number of para-hydroxylation sites is 2. The molecule has 2 N–H and O–H groups in total. The highest BCUT2D eigenvalue weighted by Crippen LogP contribution is 2.42. The van der Waals surface area contributed by atoms with E-state index < -0.39 is 30.0 Å². The van der Waals surface area contributed by atoms with E-state index in [0.29, 0.717) is 12.1 Å². The van der Waals surface area contributed by atoms with Crippen molar-refractivity contribution in [1.82, 2.24) is 20.1 Å². The number of oxazole rings is 1. The second-order valence-electron chi connectivity index (χ2n) is 8.20. The zero-order valence-corrected chi connectivity index (χ0v) is 18.6. The molecule has 0 saturated heterocycles. The Bertz CT molecular complexity index is 1300. The Morgan fingerprint density at radius 2 is 1.82 bits per heavy atom. The molecular formula is C24H23F3N4O3. The Morgan fingerprint density at radius 1 is 1.09 bits per heavy atom. The zero-order valence-electron chi connectivity index (χ0n) is 18.6. The summed E-state index contributed by atoms with van der Waals surface area (Å²) < 4.78 is 48.4.